The number of unbranched alkanes of at least 4 members (excludes halogenated alkanes) is 11. The summed E-state index contributed by atoms with van der Waals surface area (Å²) in [6, 6.07) is 99.2. The summed E-state index contributed by atoms with van der Waals surface area (Å²) in [5.41, 5.74) is 41.3. The number of fused-ring (bicyclic) bond motifs is 6. The predicted molar refractivity (Wildman–Crippen MR) is 615 cm³/mol. The van der Waals surface area contributed by atoms with E-state index in [1.807, 2.05) is 0 Å². The fourth-order valence-electron chi connectivity index (χ4n) is 19.2. The van der Waals surface area contributed by atoms with Gasteiger partial charge in [-0.25, -0.2) is 0 Å². The minimum Gasteiger partial charge on any atom is -0.310 e. The lowest BCUT2D eigenvalue weighted by Gasteiger charge is -2.30. The Hall–Kier alpha value is -7.88. The van der Waals surface area contributed by atoms with Gasteiger partial charge >= 0.3 is 0 Å². The first kappa shape index (κ1) is 104. The van der Waals surface area contributed by atoms with Crippen molar-refractivity contribution in [2.75, 3.05) is 19.6 Å². The van der Waals surface area contributed by atoms with Gasteiger partial charge in [0.2, 0.25) is 0 Å². The van der Waals surface area contributed by atoms with Crippen LogP contribution in [-0.4, -0.2) is 0 Å². The zero-order valence-electron chi connectivity index (χ0n) is 82.1. The summed E-state index contributed by atoms with van der Waals surface area (Å²) >= 11 is 29.5. The zero-order chi connectivity index (χ0) is 96.4. The molecule has 12 heteroatoms. The van der Waals surface area contributed by atoms with Crippen molar-refractivity contribution < 1.29 is 0 Å². The van der Waals surface area contributed by atoms with E-state index in [0.717, 1.165) is 63.9 Å². The van der Waals surface area contributed by atoms with Crippen LogP contribution in [0.5, 0.6) is 0 Å². The number of hydrogen-bond acceptors (Lipinski definition) is 4. The van der Waals surface area contributed by atoms with Gasteiger partial charge in [-0.3, -0.25) is 0 Å². The monoisotopic (exact) mass is 2300 g/mol. The SMILES string of the molecule is CCCCCCc1cc(N(c2ccc(Br)c(CCCCCC)c2)c2ccc3c(c2)C(C)(C)c2cc(C)ccc2-3)ccc1Br.CCCCCCc1ccc2c(c1)C(C)(C)c1cc(N(c3ccc(Br)cc3)c3ccc(Br)cc3)ccc1-2.CCCCc1cc(C)c(N(c2ccc(Br)c(C)c2)c2ccc(Br)c(C)c2)c(C)c1.CCCCc1ccc(N(c2ccc(Br)c(C)c2)c2ccc(Br)c(C)c2)cc1. The van der Waals surface area contributed by atoms with E-state index in [4.69, 9.17) is 0 Å². The van der Waals surface area contributed by atoms with E-state index in [0.29, 0.717) is 0 Å². The van der Waals surface area contributed by atoms with Crippen molar-refractivity contribution in [2.45, 2.75) is 256 Å². The Labute approximate surface area is 876 Å². The molecule has 2 aliphatic rings. The number of hydrogen-bond donors (Lipinski definition) is 0. The van der Waals surface area contributed by atoms with Gasteiger partial charge < -0.3 is 19.6 Å². The lowest BCUT2D eigenvalue weighted by atomic mass is 9.81. The van der Waals surface area contributed by atoms with Crippen molar-refractivity contribution in [1.29, 1.82) is 0 Å². The van der Waals surface area contributed by atoms with Gasteiger partial charge in [0.1, 0.15) is 0 Å². The van der Waals surface area contributed by atoms with Gasteiger partial charge in [-0.1, -0.05) is 339 Å². The maximum absolute atomic E-state index is 3.88. The topological polar surface area (TPSA) is 13.0 Å². The van der Waals surface area contributed by atoms with E-state index >= 15 is 0 Å². The van der Waals surface area contributed by atoms with E-state index in [-0.39, 0.29) is 10.8 Å². The molecule has 0 atom stereocenters. The molecule has 0 aliphatic heterocycles. The fraction of sp³-hybridized carbons (Fsp3) is 0.317. The standard InChI is InChI=1S/C40H47Br2N.C33H33Br2N.C26H29Br2N.C24H25Br2N/c1-6-8-10-12-14-29-25-31(18-22-38(29)41)43(32-19-23-39(42)30(26-32)15-13-11-9-7-2)33-17-21-35-34-20-16-28(3)24-36(34)40(4,5)37(35)27-33;1-4-5-6-7-8-23-9-19-29-30-20-18-28(22-32(30)33(2,3)31(29)21-23)36(26-14-10-24(34)11-15-26)27-16-12-25(35)13-17-27;1-6-7-8-21-13-19(4)26(20(5)14-21)29(22-9-11-24(27)17(2)15-22)23-10-12-25(28)18(3)16-23;1-4-5-6-19-7-9-20(10-8-19)27(21-11-13-23(25)17(2)15-21)22-12-14-24(26)18(3)16-22/h16-27H,6-15H2,1-5H3;9-22H,4-8H2,1-3H3;9-16H,6-8H2,1-5H3;7-16H,4-6H2,1-3H3. The van der Waals surface area contributed by atoms with Gasteiger partial charge in [0.25, 0.3) is 0 Å². The van der Waals surface area contributed by atoms with Crippen molar-refractivity contribution in [2.24, 2.45) is 0 Å². The Morgan fingerprint density at radius 3 is 0.867 bits per heavy atom. The molecule has 0 saturated heterocycles. The van der Waals surface area contributed by atoms with Crippen LogP contribution in [0.4, 0.5) is 68.2 Å². The third-order valence-corrected chi connectivity index (χ3v) is 33.1. The first-order chi connectivity index (χ1) is 64.9. The van der Waals surface area contributed by atoms with E-state index in [1.54, 1.807) is 0 Å². The molecule has 0 N–H and O–H groups in total. The molecule has 0 radical (unpaired) electrons. The Kier molecular flexibility index (Phi) is 37.8. The summed E-state index contributed by atoms with van der Waals surface area (Å²) in [5.74, 6) is 0. The van der Waals surface area contributed by atoms with Gasteiger partial charge in [-0.2, -0.15) is 0 Å². The van der Waals surface area contributed by atoms with Crippen LogP contribution in [0, 0.1) is 48.5 Å². The van der Waals surface area contributed by atoms with Crippen LogP contribution < -0.4 is 19.6 Å². The highest BCUT2D eigenvalue weighted by atomic mass is 79.9. The molecule has 702 valence electrons. The molecule has 0 fully saturated rings. The van der Waals surface area contributed by atoms with E-state index in [2.05, 4.69) is 525 Å². The highest BCUT2D eigenvalue weighted by Gasteiger charge is 2.38. The summed E-state index contributed by atoms with van der Waals surface area (Å²) in [5, 5.41) is 0. The molecule has 2 aliphatic carbocycles. The molecule has 0 unspecified atom stereocenters. The third-order valence-electron chi connectivity index (χ3n) is 26.9. The number of rotatable bonds is 33. The van der Waals surface area contributed by atoms with Crippen molar-refractivity contribution in [1.82, 2.24) is 0 Å². The molecule has 135 heavy (non-hydrogen) atoms. The number of benzene rings is 14. The lowest BCUT2D eigenvalue weighted by Crippen LogP contribution is -2.17. The maximum atomic E-state index is 3.88. The van der Waals surface area contributed by atoms with Crippen LogP contribution in [0.1, 0.15) is 254 Å². The average molecular weight is 2310 g/mol. The van der Waals surface area contributed by atoms with Crippen molar-refractivity contribution in [3.63, 3.8) is 0 Å². The second kappa shape index (κ2) is 48.8. The smallest absolute Gasteiger partial charge is 0.0520 e. The van der Waals surface area contributed by atoms with E-state index < -0.39 is 0 Å². The molecular weight excluding hydrogens is 2170 g/mol. The number of nitrogens with zero attached hydrogens (tertiary/aromatic N) is 4. The molecule has 0 bridgehead atoms. The Morgan fingerprint density at radius 2 is 0.481 bits per heavy atom. The van der Waals surface area contributed by atoms with Gasteiger partial charge in [0.05, 0.1) is 5.69 Å². The van der Waals surface area contributed by atoms with Gasteiger partial charge in [0.15, 0.2) is 0 Å². The van der Waals surface area contributed by atoms with Crippen molar-refractivity contribution in [3.05, 3.63) is 392 Å². The van der Waals surface area contributed by atoms with Crippen LogP contribution in [-0.2, 0) is 42.9 Å². The predicted octanol–water partition coefficient (Wildman–Crippen LogP) is 42.6. The Morgan fingerprint density at radius 1 is 0.207 bits per heavy atom. The van der Waals surface area contributed by atoms with Crippen LogP contribution in [0.2, 0.25) is 0 Å². The van der Waals surface area contributed by atoms with Crippen molar-refractivity contribution >= 4 is 196 Å². The van der Waals surface area contributed by atoms with Crippen molar-refractivity contribution in [3.8, 4) is 22.3 Å². The van der Waals surface area contributed by atoms with Crippen LogP contribution in [0.25, 0.3) is 22.3 Å². The van der Waals surface area contributed by atoms with Gasteiger partial charge in [0, 0.05) is 109 Å². The van der Waals surface area contributed by atoms with Crippen LogP contribution in [0.15, 0.2) is 303 Å². The summed E-state index contributed by atoms with van der Waals surface area (Å²) in [4.78, 5) is 9.54. The van der Waals surface area contributed by atoms with Crippen LogP contribution in [0.3, 0.4) is 0 Å². The highest BCUT2D eigenvalue weighted by Crippen LogP contribution is 2.54. The first-order valence-electron chi connectivity index (χ1n) is 49.0. The molecular formula is C123H134Br8N4. The normalized spacial score (nSPS) is 12.3. The average Bonchev–Trinajstić information content (AvgIpc) is 1.52. The van der Waals surface area contributed by atoms with Gasteiger partial charge in [-0.05, 0) is 413 Å². The van der Waals surface area contributed by atoms with Crippen LogP contribution >= 0.6 is 127 Å². The quantitative estimate of drug-likeness (QED) is 0.0380. The summed E-state index contributed by atoms with van der Waals surface area (Å²) in [7, 11) is 0. The molecule has 0 spiro atoms. The van der Waals surface area contributed by atoms with E-state index in [9.17, 15) is 0 Å². The maximum Gasteiger partial charge on any atom is 0.0520 e. The molecule has 14 aromatic carbocycles. The molecule has 16 rings (SSSR count). The van der Waals surface area contributed by atoms with E-state index in [1.165, 1.54) is 286 Å². The fourth-order valence-corrected chi connectivity index (χ4v) is 21.6. The number of halogens is 8. The molecule has 0 aromatic heterocycles. The molecule has 0 heterocycles. The third kappa shape index (κ3) is 25.9. The minimum atomic E-state index is -0.0489. The second-order valence-corrected chi connectivity index (χ2v) is 45.1. The first-order valence-corrected chi connectivity index (χ1v) is 55.3. The molecule has 14 aromatic rings. The highest BCUT2D eigenvalue weighted by molar-refractivity contribution is 9.11. The minimum absolute atomic E-state index is 0.0365. The second-order valence-electron chi connectivity index (χ2n) is 38.1. The van der Waals surface area contributed by atoms with Gasteiger partial charge in [-0.15, -0.1) is 0 Å². The number of aryl methyl sites for hydroxylation is 12. The molecule has 0 amide bonds. The molecule has 4 nitrogen and oxygen atoms in total. The number of anilines is 12. The Bertz CT molecular complexity index is 6150. The zero-order valence-corrected chi connectivity index (χ0v) is 94.8. The molecule has 0 saturated carbocycles. The summed E-state index contributed by atoms with van der Waals surface area (Å²) in [6.07, 6.45) is 25.9. The largest absolute Gasteiger partial charge is 0.310 e. The summed E-state index contributed by atoms with van der Waals surface area (Å²) < 4.78 is 9.12. The summed E-state index contributed by atoms with van der Waals surface area (Å²) in [6.45, 7) is 36.1. The Balaban J connectivity index is 0.000000155. The lowest BCUT2D eigenvalue weighted by molar-refractivity contribution is 0.652.